The summed E-state index contributed by atoms with van der Waals surface area (Å²) in [5, 5.41) is 4.37. The number of hydrogen-bond acceptors (Lipinski definition) is 6. The topological polar surface area (TPSA) is 68.3 Å². The number of alkyl halides is 3. The minimum absolute atomic E-state index is 0.0147. The van der Waals surface area contributed by atoms with Crippen LogP contribution < -0.4 is 5.32 Å². The molecule has 0 bridgehead atoms. The number of thiophene rings is 2. The molecule has 0 unspecified atom stereocenters. The van der Waals surface area contributed by atoms with E-state index in [4.69, 9.17) is 4.74 Å². The van der Waals surface area contributed by atoms with Crippen molar-refractivity contribution < 1.29 is 27.5 Å². The highest BCUT2D eigenvalue weighted by Crippen LogP contribution is 2.42. The van der Waals surface area contributed by atoms with Crippen LogP contribution in [0.4, 0.5) is 18.9 Å². The van der Waals surface area contributed by atoms with Crippen LogP contribution in [-0.2, 0) is 15.7 Å². The largest absolute Gasteiger partial charge is 0.451 e. The number of fused-ring (bicyclic) bond motifs is 1. The highest BCUT2D eigenvalue weighted by Gasteiger charge is 2.36. The molecule has 188 valence electrons. The van der Waals surface area contributed by atoms with Crippen molar-refractivity contribution in [1.82, 2.24) is 4.98 Å². The molecule has 0 aliphatic carbocycles. The lowest BCUT2D eigenvalue weighted by molar-refractivity contribution is -0.136. The van der Waals surface area contributed by atoms with Gasteiger partial charge in [0.05, 0.1) is 16.1 Å². The van der Waals surface area contributed by atoms with Crippen LogP contribution in [0, 0.1) is 6.92 Å². The number of aromatic nitrogens is 1. The first-order valence-corrected chi connectivity index (χ1v) is 12.9. The Kier molecular flexibility index (Phi) is 7.46. The van der Waals surface area contributed by atoms with Gasteiger partial charge in [0.2, 0.25) is 0 Å². The van der Waals surface area contributed by atoms with Crippen molar-refractivity contribution in [2.24, 2.45) is 0 Å². The molecule has 0 saturated carbocycles. The lowest BCUT2D eigenvalue weighted by Gasteiger charge is -2.15. The lowest BCUT2D eigenvalue weighted by Crippen LogP contribution is -2.21. The summed E-state index contributed by atoms with van der Waals surface area (Å²) in [4.78, 5) is 30.3. The van der Waals surface area contributed by atoms with Crippen molar-refractivity contribution in [2.45, 2.75) is 39.3 Å². The van der Waals surface area contributed by atoms with Crippen LogP contribution in [-0.4, -0.2) is 23.5 Å². The van der Waals surface area contributed by atoms with Crippen LogP contribution in [0.5, 0.6) is 0 Å². The van der Waals surface area contributed by atoms with Crippen LogP contribution in [0.3, 0.4) is 0 Å². The van der Waals surface area contributed by atoms with Crippen molar-refractivity contribution in [3.63, 3.8) is 0 Å². The van der Waals surface area contributed by atoms with Crippen LogP contribution >= 0.6 is 22.7 Å². The van der Waals surface area contributed by atoms with Gasteiger partial charge in [-0.25, -0.2) is 9.78 Å². The first-order chi connectivity index (χ1) is 17.1. The second-order valence-electron chi connectivity index (χ2n) is 8.29. The van der Waals surface area contributed by atoms with Gasteiger partial charge in [0.15, 0.2) is 6.61 Å². The number of carbonyl (C=O) groups excluding carboxylic acids is 2. The molecule has 4 rings (SSSR count). The van der Waals surface area contributed by atoms with E-state index in [0.717, 1.165) is 29.4 Å². The molecule has 0 aliphatic heterocycles. The number of hydrogen-bond donors (Lipinski definition) is 1. The van der Waals surface area contributed by atoms with Gasteiger partial charge in [-0.1, -0.05) is 38.1 Å². The van der Waals surface area contributed by atoms with E-state index in [9.17, 15) is 22.8 Å². The van der Waals surface area contributed by atoms with Gasteiger partial charge in [-0.05, 0) is 54.0 Å². The Bertz CT molecular complexity index is 1410. The molecule has 10 heteroatoms. The molecule has 1 amide bonds. The average Bonchev–Trinajstić information content (AvgIpc) is 3.50. The smallest absolute Gasteiger partial charge is 0.417 e. The first kappa shape index (κ1) is 25.8. The van der Waals surface area contributed by atoms with E-state index in [1.807, 2.05) is 26.0 Å². The Hall–Kier alpha value is -3.24. The number of halogens is 3. The molecule has 1 atom stereocenters. The van der Waals surface area contributed by atoms with Gasteiger partial charge in [-0.15, -0.1) is 22.7 Å². The van der Waals surface area contributed by atoms with Gasteiger partial charge in [0.25, 0.3) is 5.91 Å². The number of carbonyl (C=O) groups is 2. The maximum Gasteiger partial charge on any atom is 0.417 e. The number of para-hydroxylation sites is 1. The summed E-state index contributed by atoms with van der Waals surface area (Å²) < 4.78 is 46.9. The van der Waals surface area contributed by atoms with Crippen LogP contribution in [0.2, 0.25) is 0 Å². The third-order valence-corrected chi connectivity index (χ3v) is 7.94. The first-order valence-electron chi connectivity index (χ1n) is 11.2. The van der Waals surface area contributed by atoms with Gasteiger partial charge in [0.1, 0.15) is 9.71 Å². The van der Waals surface area contributed by atoms with E-state index in [1.165, 1.54) is 18.3 Å². The summed E-state index contributed by atoms with van der Waals surface area (Å²) in [5.41, 5.74) is 1.05. The fourth-order valence-electron chi connectivity index (χ4n) is 3.86. The minimum Gasteiger partial charge on any atom is -0.451 e. The Morgan fingerprint density at radius 2 is 1.92 bits per heavy atom. The van der Waals surface area contributed by atoms with Crippen LogP contribution in [0.25, 0.3) is 20.8 Å². The van der Waals surface area contributed by atoms with E-state index in [0.29, 0.717) is 10.6 Å². The Morgan fingerprint density at radius 3 is 2.58 bits per heavy atom. The zero-order valence-electron chi connectivity index (χ0n) is 19.7. The molecule has 0 fully saturated rings. The molecule has 3 heterocycles. The second-order valence-corrected chi connectivity index (χ2v) is 10.2. The molecule has 0 spiro atoms. The number of nitrogens with one attached hydrogen (secondary N) is 1. The lowest BCUT2D eigenvalue weighted by atomic mass is 9.97. The monoisotopic (exact) mass is 532 g/mol. The molecule has 5 nitrogen and oxygen atoms in total. The summed E-state index contributed by atoms with van der Waals surface area (Å²) >= 11 is 2.10. The molecular weight excluding hydrogens is 509 g/mol. The standard InChI is InChI=1S/C26H23F3N2O3S2/c1-4-14(2)16-8-5-6-9-18(16)30-21(32)13-34-25(33)23-15(3)22-17(26(27,28)29)12-19(31-24(22)36-23)20-10-7-11-35-20/h5-12,14H,4,13H2,1-3H3,(H,30,32)/t14-/m1/s1. The molecule has 36 heavy (non-hydrogen) atoms. The Morgan fingerprint density at radius 1 is 1.17 bits per heavy atom. The summed E-state index contributed by atoms with van der Waals surface area (Å²) in [6, 6.07) is 11.8. The highest BCUT2D eigenvalue weighted by molar-refractivity contribution is 7.20. The molecule has 1 N–H and O–H groups in total. The van der Waals surface area contributed by atoms with Gasteiger partial charge in [-0.2, -0.15) is 13.2 Å². The molecule has 0 saturated heterocycles. The van der Waals surface area contributed by atoms with Crippen molar-refractivity contribution in [3.8, 4) is 10.6 Å². The van der Waals surface area contributed by atoms with Crippen molar-refractivity contribution in [1.29, 1.82) is 0 Å². The van der Waals surface area contributed by atoms with Crippen LogP contribution in [0.15, 0.2) is 47.8 Å². The number of ether oxygens (including phenoxy) is 1. The van der Waals surface area contributed by atoms with Gasteiger partial charge < -0.3 is 10.1 Å². The van der Waals surface area contributed by atoms with E-state index in [2.05, 4.69) is 10.3 Å². The average molecular weight is 533 g/mol. The number of benzene rings is 1. The molecule has 0 aliphatic rings. The van der Waals surface area contributed by atoms with Gasteiger partial charge >= 0.3 is 12.1 Å². The number of aryl methyl sites for hydroxylation is 1. The zero-order valence-corrected chi connectivity index (χ0v) is 21.4. The number of anilines is 1. The number of pyridine rings is 1. The van der Waals surface area contributed by atoms with E-state index in [-0.39, 0.29) is 32.3 Å². The molecule has 3 aromatic heterocycles. The molecule has 1 aromatic carbocycles. The molecule has 0 radical (unpaired) electrons. The zero-order chi connectivity index (χ0) is 26.0. The maximum absolute atomic E-state index is 13.9. The van der Waals surface area contributed by atoms with Crippen molar-refractivity contribution >= 4 is 50.5 Å². The Balaban J connectivity index is 1.57. The normalized spacial score (nSPS) is 12.5. The fourth-order valence-corrected chi connectivity index (χ4v) is 5.64. The van der Waals surface area contributed by atoms with E-state index < -0.39 is 30.2 Å². The van der Waals surface area contributed by atoms with Crippen molar-refractivity contribution in [3.05, 3.63) is 69.4 Å². The maximum atomic E-state index is 13.9. The third-order valence-electron chi connectivity index (χ3n) is 5.88. The summed E-state index contributed by atoms with van der Waals surface area (Å²) in [7, 11) is 0. The Labute approximate surface area is 213 Å². The SMILES string of the molecule is CC[C@@H](C)c1ccccc1NC(=O)COC(=O)c1sc2nc(-c3cccs3)cc(C(F)(F)F)c2c1C. The second kappa shape index (κ2) is 10.4. The highest BCUT2D eigenvalue weighted by atomic mass is 32.1. The summed E-state index contributed by atoms with van der Waals surface area (Å²) in [5.74, 6) is -1.18. The summed E-state index contributed by atoms with van der Waals surface area (Å²) in [6.45, 7) is 4.95. The van der Waals surface area contributed by atoms with E-state index in [1.54, 1.807) is 29.6 Å². The van der Waals surface area contributed by atoms with Crippen LogP contribution in [0.1, 0.15) is 52.5 Å². The predicted octanol–water partition coefficient (Wildman–Crippen LogP) is 7.66. The molecular formula is C26H23F3N2O3S2. The third kappa shape index (κ3) is 5.29. The minimum atomic E-state index is -4.64. The van der Waals surface area contributed by atoms with E-state index >= 15 is 0 Å². The van der Waals surface area contributed by atoms with Gasteiger partial charge in [-0.3, -0.25) is 4.79 Å². The number of amides is 1. The van der Waals surface area contributed by atoms with Crippen molar-refractivity contribution in [2.75, 3.05) is 11.9 Å². The number of esters is 1. The molecule has 4 aromatic rings. The van der Waals surface area contributed by atoms with Gasteiger partial charge in [0, 0.05) is 11.1 Å². The quantitative estimate of drug-likeness (QED) is 0.248. The fraction of sp³-hybridized carbons (Fsp3) is 0.269. The summed E-state index contributed by atoms with van der Waals surface area (Å²) in [6.07, 6.45) is -3.75. The number of nitrogens with zero attached hydrogens (tertiary/aromatic N) is 1. The number of rotatable bonds is 7. The predicted molar refractivity (Wildman–Crippen MR) is 137 cm³/mol.